The highest BCUT2D eigenvalue weighted by Crippen LogP contribution is 2.32. The number of aromatic amines is 1. The van der Waals surface area contributed by atoms with Crippen LogP contribution in [0.15, 0.2) is 27.9 Å². The number of carboxylic acid groups (broad SMARTS) is 1. The van der Waals surface area contributed by atoms with Gasteiger partial charge in [-0.25, -0.2) is 13.4 Å². The number of aliphatic carboxylic acids is 1. The highest BCUT2D eigenvalue weighted by molar-refractivity contribution is 7.89. The zero-order chi connectivity index (χ0) is 35.8. The Morgan fingerprint density at radius 3 is 2.08 bits per heavy atom. The number of likely N-dealkylation sites (N-methyl/N-ethyl adjacent to an activating group) is 1. The van der Waals surface area contributed by atoms with E-state index < -0.39 is 16.0 Å². The topological polar surface area (TPSA) is 151 Å². The lowest BCUT2D eigenvalue weighted by Crippen LogP contribution is -2.47. The second-order valence-electron chi connectivity index (χ2n) is 12.9. The van der Waals surface area contributed by atoms with Crippen molar-refractivity contribution in [2.75, 3.05) is 39.8 Å². The number of ether oxygens (including phenoxy) is 1. The third-order valence-corrected chi connectivity index (χ3v) is 10.7. The molecule has 1 aromatic carbocycles. The fourth-order valence-corrected chi connectivity index (χ4v) is 7.48. The lowest BCUT2D eigenvalue weighted by atomic mass is 10.1. The van der Waals surface area contributed by atoms with Crippen molar-refractivity contribution < 1.29 is 23.1 Å². The molecular weight excluding hydrogens is 644 g/mol. The highest BCUT2D eigenvalue weighted by Gasteiger charge is 2.29. The lowest BCUT2D eigenvalue weighted by molar-refractivity contribution is -0.137. The highest BCUT2D eigenvalue weighted by atomic mass is 32.2. The number of rotatable bonds is 19. The Kier molecular flexibility index (Phi) is 16.7. The summed E-state index contributed by atoms with van der Waals surface area (Å²) in [5.74, 6) is 0.0610. The van der Waals surface area contributed by atoms with E-state index in [0.29, 0.717) is 68.0 Å². The van der Waals surface area contributed by atoms with E-state index in [2.05, 4.69) is 21.9 Å². The molecule has 13 heteroatoms. The predicted octanol–water partition coefficient (Wildman–Crippen LogP) is 6.38. The van der Waals surface area contributed by atoms with E-state index in [1.165, 1.54) is 66.8 Å². The molecule has 274 valence electrons. The van der Waals surface area contributed by atoms with Crippen LogP contribution in [-0.2, 0) is 28.3 Å². The van der Waals surface area contributed by atoms with Gasteiger partial charge in [0.15, 0.2) is 5.52 Å². The summed E-state index contributed by atoms with van der Waals surface area (Å²) in [6.45, 7) is 8.73. The standard InChI is InChI=1S/C22H30N6O4S.C14H28O2/c1-5-7-17-19-20(27(4)25-17)22(29)24-21(23-19)16-14-15(8-9-18(16)32-6-2)33(30,31)28-12-10-26(3)11-13-28;1-2-3-4-5-6-7-8-9-10-11-12-13-14(15)16/h8-9,14H,5-7,10-13H2,1-4H3,(H,23,24,29);2-13H2,1H3,(H,15,16). The molecule has 0 aliphatic carbocycles. The second kappa shape index (κ2) is 20.4. The van der Waals surface area contributed by atoms with Crippen LogP contribution in [-0.4, -0.2) is 88.3 Å². The Balaban J connectivity index is 0.000000345. The van der Waals surface area contributed by atoms with E-state index in [1.54, 1.807) is 25.2 Å². The summed E-state index contributed by atoms with van der Waals surface area (Å²) >= 11 is 0. The van der Waals surface area contributed by atoms with Crippen LogP contribution in [0.5, 0.6) is 5.75 Å². The van der Waals surface area contributed by atoms with E-state index >= 15 is 0 Å². The minimum Gasteiger partial charge on any atom is -0.493 e. The number of aryl methyl sites for hydroxylation is 2. The van der Waals surface area contributed by atoms with Gasteiger partial charge in [-0.2, -0.15) is 9.40 Å². The van der Waals surface area contributed by atoms with Crippen molar-refractivity contribution in [1.82, 2.24) is 29.0 Å². The van der Waals surface area contributed by atoms with Gasteiger partial charge < -0.3 is 19.7 Å². The summed E-state index contributed by atoms with van der Waals surface area (Å²) in [6.07, 6.45) is 15.9. The molecule has 4 rings (SSSR count). The molecule has 3 heterocycles. The van der Waals surface area contributed by atoms with Crippen molar-refractivity contribution in [3.63, 3.8) is 0 Å². The van der Waals surface area contributed by atoms with Gasteiger partial charge in [0.1, 0.15) is 17.1 Å². The SMILES string of the molecule is CCCCCCCCCCCCCC(=O)O.CCCc1nn(C)c2c(=O)[nH]c(-c3cc(S(=O)(=O)N4CCN(C)CC4)ccc3OCC)nc12. The van der Waals surface area contributed by atoms with E-state index in [9.17, 15) is 18.0 Å². The molecule has 1 aliphatic rings. The summed E-state index contributed by atoms with van der Waals surface area (Å²) in [5.41, 5.74) is 1.75. The van der Waals surface area contributed by atoms with Gasteiger partial charge >= 0.3 is 5.97 Å². The smallest absolute Gasteiger partial charge is 0.303 e. The number of carbonyl (C=O) groups is 1. The lowest BCUT2D eigenvalue weighted by Gasteiger charge is -2.31. The first-order valence-corrected chi connectivity index (χ1v) is 19.6. The molecule has 12 nitrogen and oxygen atoms in total. The van der Waals surface area contributed by atoms with Gasteiger partial charge in [-0.15, -0.1) is 0 Å². The Labute approximate surface area is 292 Å². The Morgan fingerprint density at radius 2 is 1.51 bits per heavy atom. The average Bonchev–Trinajstić information content (AvgIpc) is 3.39. The van der Waals surface area contributed by atoms with E-state index in [-0.39, 0.29) is 16.3 Å². The maximum Gasteiger partial charge on any atom is 0.303 e. The number of sulfonamides is 1. The fraction of sp³-hybridized carbons (Fsp3) is 0.667. The van der Waals surface area contributed by atoms with Crippen LogP contribution in [0.3, 0.4) is 0 Å². The van der Waals surface area contributed by atoms with E-state index in [0.717, 1.165) is 25.0 Å². The third-order valence-electron chi connectivity index (χ3n) is 8.85. The molecule has 0 spiro atoms. The summed E-state index contributed by atoms with van der Waals surface area (Å²) in [5, 5.41) is 12.9. The first-order chi connectivity index (χ1) is 23.5. The van der Waals surface area contributed by atoms with Gasteiger partial charge in [-0.3, -0.25) is 14.3 Å². The Bertz CT molecular complexity index is 1630. The zero-order valence-electron chi connectivity index (χ0n) is 30.3. The summed E-state index contributed by atoms with van der Waals surface area (Å²) in [7, 11) is -0.00831. The maximum absolute atomic E-state index is 13.3. The van der Waals surface area contributed by atoms with Crippen molar-refractivity contribution >= 4 is 27.0 Å². The fourth-order valence-electron chi connectivity index (χ4n) is 6.03. The molecule has 3 aromatic rings. The molecule has 1 saturated heterocycles. The molecule has 1 fully saturated rings. The third kappa shape index (κ3) is 11.9. The average molecular weight is 703 g/mol. The Hall–Kier alpha value is -3.29. The molecular formula is C36H58N6O6S. The Morgan fingerprint density at radius 1 is 0.898 bits per heavy atom. The number of fused-ring (bicyclic) bond motifs is 1. The van der Waals surface area contributed by atoms with Crippen LogP contribution >= 0.6 is 0 Å². The number of benzene rings is 1. The number of unbranched alkanes of at least 4 members (excludes halogenated alkanes) is 10. The minimum atomic E-state index is -3.70. The second-order valence-corrected chi connectivity index (χ2v) is 14.8. The first kappa shape index (κ1) is 40.1. The van der Waals surface area contributed by atoms with Crippen LogP contribution in [0.4, 0.5) is 0 Å². The number of hydrogen-bond donors (Lipinski definition) is 2. The van der Waals surface area contributed by atoms with Gasteiger partial charge in [0.05, 0.1) is 22.8 Å². The molecule has 0 atom stereocenters. The van der Waals surface area contributed by atoms with Gasteiger partial charge in [0.2, 0.25) is 10.0 Å². The number of carboxylic acids is 1. The van der Waals surface area contributed by atoms with Crippen molar-refractivity contribution in [2.24, 2.45) is 7.05 Å². The number of hydrogen-bond acceptors (Lipinski definition) is 8. The monoisotopic (exact) mass is 702 g/mol. The molecule has 2 N–H and O–H groups in total. The van der Waals surface area contributed by atoms with Crippen molar-refractivity contribution in [3.05, 3.63) is 34.2 Å². The number of aromatic nitrogens is 4. The maximum atomic E-state index is 13.3. The zero-order valence-corrected chi connectivity index (χ0v) is 31.1. The van der Waals surface area contributed by atoms with Crippen LogP contribution in [0.1, 0.15) is 110 Å². The molecule has 0 amide bonds. The minimum absolute atomic E-state index is 0.147. The summed E-state index contributed by atoms with van der Waals surface area (Å²) in [4.78, 5) is 32.9. The summed E-state index contributed by atoms with van der Waals surface area (Å²) in [6, 6.07) is 4.71. The quantitative estimate of drug-likeness (QED) is 0.136. The van der Waals surface area contributed by atoms with Gasteiger partial charge in [-0.05, 0) is 45.0 Å². The number of nitrogens with one attached hydrogen (secondary N) is 1. The number of piperazine rings is 1. The number of H-pyrrole nitrogens is 1. The van der Waals surface area contributed by atoms with E-state index in [4.69, 9.17) is 14.8 Å². The van der Waals surface area contributed by atoms with Crippen LogP contribution in [0.25, 0.3) is 22.4 Å². The predicted molar refractivity (Wildman–Crippen MR) is 195 cm³/mol. The molecule has 1 aliphatic heterocycles. The van der Waals surface area contributed by atoms with Crippen LogP contribution < -0.4 is 10.3 Å². The molecule has 2 aromatic heterocycles. The van der Waals surface area contributed by atoms with Crippen molar-refractivity contribution in [2.45, 2.75) is 116 Å². The van der Waals surface area contributed by atoms with Gasteiger partial charge in [-0.1, -0.05) is 84.5 Å². The molecule has 0 radical (unpaired) electrons. The van der Waals surface area contributed by atoms with Gasteiger partial charge in [0.25, 0.3) is 5.56 Å². The summed E-state index contributed by atoms with van der Waals surface area (Å²) < 4.78 is 35.4. The van der Waals surface area contributed by atoms with Gasteiger partial charge in [0, 0.05) is 39.6 Å². The van der Waals surface area contributed by atoms with Crippen molar-refractivity contribution in [3.8, 4) is 17.1 Å². The molecule has 0 saturated carbocycles. The number of nitrogens with zero attached hydrogens (tertiary/aromatic N) is 5. The first-order valence-electron chi connectivity index (χ1n) is 18.2. The largest absolute Gasteiger partial charge is 0.493 e. The molecule has 0 bridgehead atoms. The van der Waals surface area contributed by atoms with Crippen LogP contribution in [0, 0.1) is 0 Å². The molecule has 49 heavy (non-hydrogen) atoms. The van der Waals surface area contributed by atoms with Crippen molar-refractivity contribution in [1.29, 1.82) is 0 Å². The molecule has 0 unspecified atom stereocenters. The normalized spacial score (nSPS) is 14.1. The van der Waals surface area contributed by atoms with E-state index in [1.807, 2.05) is 20.9 Å². The van der Waals surface area contributed by atoms with Crippen LogP contribution in [0.2, 0.25) is 0 Å².